The molecule has 0 fully saturated rings. The van der Waals surface area contributed by atoms with Crippen LogP contribution in [0.2, 0.25) is 0 Å². The Morgan fingerprint density at radius 1 is 0.926 bits per heavy atom. The Hall–Kier alpha value is -2.26. The molecule has 148 valence electrons. The minimum absolute atomic E-state index is 0.164. The van der Waals surface area contributed by atoms with Gasteiger partial charge in [0.05, 0.1) is 4.90 Å². The van der Waals surface area contributed by atoms with Gasteiger partial charge in [0.1, 0.15) is 5.75 Å². The second kappa shape index (κ2) is 9.09. The highest BCUT2D eigenvalue weighted by molar-refractivity contribution is 7.92. The molecule has 0 spiro atoms. The van der Waals surface area contributed by atoms with E-state index >= 15 is 0 Å². The summed E-state index contributed by atoms with van der Waals surface area (Å²) < 4.78 is 67.3. The lowest BCUT2D eigenvalue weighted by Crippen LogP contribution is -2.17. The average Bonchev–Trinajstić information content (AvgIpc) is 2.59. The van der Waals surface area contributed by atoms with Crippen molar-refractivity contribution in [3.63, 3.8) is 0 Å². The van der Waals surface area contributed by atoms with E-state index in [0.717, 1.165) is 55.5 Å². The third-order valence-electron chi connectivity index (χ3n) is 3.74. The van der Waals surface area contributed by atoms with E-state index in [4.69, 9.17) is 5.73 Å². The third kappa shape index (κ3) is 7.10. The Kier molecular flexibility index (Phi) is 7.09. The standard InChI is InChI=1S/C18H21F3N2O3S/c19-18(20,21)26-16-9-11-17(12-10-16)27(24,25)23-15-7-5-14(6-8-15)4-2-1-3-13-22/h5-12,23H,1-4,13,22H2. The van der Waals surface area contributed by atoms with Crippen molar-refractivity contribution >= 4 is 15.7 Å². The van der Waals surface area contributed by atoms with Crippen molar-refractivity contribution in [3.8, 4) is 5.75 Å². The molecule has 2 aromatic carbocycles. The lowest BCUT2D eigenvalue weighted by atomic mass is 10.1. The van der Waals surface area contributed by atoms with E-state index in [2.05, 4.69) is 9.46 Å². The van der Waals surface area contributed by atoms with E-state index in [-0.39, 0.29) is 4.90 Å². The first-order valence-electron chi connectivity index (χ1n) is 8.37. The van der Waals surface area contributed by atoms with E-state index in [1.54, 1.807) is 12.1 Å². The average molecular weight is 402 g/mol. The number of hydrogen-bond donors (Lipinski definition) is 2. The van der Waals surface area contributed by atoms with Crippen LogP contribution in [0.4, 0.5) is 18.9 Å². The molecular formula is C18H21F3N2O3S. The minimum Gasteiger partial charge on any atom is -0.406 e. The molecule has 0 atom stereocenters. The van der Waals surface area contributed by atoms with Gasteiger partial charge in [-0.25, -0.2) is 8.42 Å². The summed E-state index contributed by atoms with van der Waals surface area (Å²) in [4.78, 5) is -0.164. The number of nitrogens with two attached hydrogens (primary N) is 1. The summed E-state index contributed by atoms with van der Waals surface area (Å²) in [7, 11) is -3.91. The molecule has 0 aliphatic rings. The molecule has 0 aliphatic heterocycles. The summed E-state index contributed by atoms with van der Waals surface area (Å²) in [6.45, 7) is 0.671. The van der Waals surface area contributed by atoms with Crippen molar-refractivity contribution in [2.75, 3.05) is 11.3 Å². The fourth-order valence-electron chi connectivity index (χ4n) is 2.42. The number of aryl methyl sites for hydroxylation is 1. The highest BCUT2D eigenvalue weighted by Crippen LogP contribution is 2.25. The fraction of sp³-hybridized carbons (Fsp3) is 0.333. The van der Waals surface area contributed by atoms with Crippen molar-refractivity contribution in [2.45, 2.75) is 36.9 Å². The van der Waals surface area contributed by atoms with Gasteiger partial charge >= 0.3 is 6.36 Å². The predicted octanol–water partition coefficient (Wildman–Crippen LogP) is 4.06. The Bertz CT molecular complexity index is 820. The molecule has 9 heteroatoms. The number of halogens is 3. The Morgan fingerprint density at radius 2 is 1.56 bits per heavy atom. The lowest BCUT2D eigenvalue weighted by molar-refractivity contribution is -0.274. The van der Waals surface area contributed by atoms with Crippen LogP contribution < -0.4 is 15.2 Å². The van der Waals surface area contributed by atoms with Crippen LogP contribution in [0.3, 0.4) is 0 Å². The van der Waals surface area contributed by atoms with Crippen molar-refractivity contribution in [3.05, 3.63) is 54.1 Å². The summed E-state index contributed by atoms with van der Waals surface area (Å²) in [5.41, 5.74) is 6.91. The Morgan fingerprint density at radius 3 is 2.11 bits per heavy atom. The first-order valence-corrected chi connectivity index (χ1v) is 9.85. The first kappa shape index (κ1) is 21.0. The molecule has 0 bridgehead atoms. The zero-order chi connectivity index (χ0) is 19.9. The van der Waals surface area contributed by atoms with Gasteiger partial charge in [0, 0.05) is 5.69 Å². The number of sulfonamides is 1. The van der Waals surface area contributed by atoms with Crippen molar-refractivity contribution in [1.82, 2.24) is 0 Å². The van der Waals surface area contributed by atoms with Crippen LogP contribution in [0, 0.1) is 0 Å². The van der Waals surface area contributed by atoms with Gasteiger partial charge in [0.15, 0.2) is 0 Å². The van der Waals surface area contributed by atoms with Gasteiger partial charge in [-0.05, 0) is 67.8 Å². The monoisotopic (exact) mass is 402 g/mol. The van der Waals surface area contributed by atoms with Gasteiger partial charge in [0.2, 0.25) is 0 Å². The van der Waals surface area contributed by atoms with E-state index in [1.807, 2.05) is 12.1 Å². The normalized spacial score (nSPS) is 12.0. The van der Waals surface area contributed by atoms with Crippen molar-refractivity contribution in [2.24, 2.45) is 5.73 Å². The van der Waals surface area contributed by atoms with Gasteiger partial charge in [-0.15, -0.1) is 13.2 Å². The molecule has 3 N–H and O–H groups in total. The molecule has 0 saturated heterocycles. The highest BCUT2D eigenvalue weighted by atomic mass is 32.2. The Balaban J connectivity index is 1.99. The molecule has 27 heavy (non-hydrogen) atoms. The van der Waals surface area contributed by atoms with Crippen molar-refractivity contribution < 1.29 is 26.3 Å². The molecule has 0 heterocycles. The number of alkyl halides is 3. The van der Waals surface area contributed by atoms with Crippen LogP contribution in [0.25, 0.3) is 0 Å². The van der Waals surface area contributed by atoms with E-state index in [0.29, 0.717) is 12.2 Å². The number of ether oxygens (including phenoxy) is 1. The van der Waals surface area contributed by atoms with Gasteiger partial charge < -0.3 is 10.5 Å². The van der Waals surface area contributed by atoms with Crippen LogP contribution in [-0.2, 0) is 16.4 Å². The minimum atomic E-state index is -4.83. The molecule has 0 aromatic heterocycles. The lowest BCUT2D eigenvalue weighted by Gasteiger charge is -2.11. The number of benzene rings is 2. The summed E-state index contributed by atoms with van der Waals surface area (Å²) >= 11 is 0. The van der Waals surface area contributed by atoms with Crippen LogP contribution in [-0.4, -0.2) is 21.3 Å². The summed E-state index contributed by atoms with van der Waals surface area (Å²) in [6.07, 6.45) is -0.920. The first-order chi connectivity index (χ1) is 12.7. The zero-order valence-electron chi connectivity index (χ0n) is 14.5. The second-order valence-electron chi connectivity index (χ2n) is 5.92. The molecule has 5 nitrogen and oxygen atoms in total. The topological polar surface area (TPSA) is 81.4 Å². The van der Waals surface area contributed by atoms with Crippen LogP contribution in [0.1, 0.15) is 24.8 Å². The SMILES string of the molecule is NCCCCCc1ccc(NS(=O)(=O)c2ccc(OC(F)(F)F)cc2)cc1. The van der Waals surface area contributed by atoms with E-state index in [9.17, 15) is 21.6 Å². The number of nitrogens with one attached hydrogen (secondary N) is 1. The summed E-state index contributed by atoms with van der Waals surface area (Å²) in [6, 6.07) is 11.0. The van der Waals surface area contributed by atoms with Crippen LogP contribution in [0.15, 0.2) is 53.4 Å². The molecule has 0 unspecified atom stereocenters. The fourth-order valence-corrected chi connectivity index (χ4v) is 3.48. The van der Waals surface area contributed by atoms with Gasteiger partial charge in [0.25, 0.3) is 10.0 Å². The Labute approximate surface area is 156 Å². The predicted molar refractivity (Wildman–Crippen MR) is 97.0 cm³/mol. The number of rotatable bonds is 9. The quantitative estimate of drug-likeness (QED) is 0.620. The number of anilines is 1. The third-order valence-corrected chi connectivity index (χ3v) is 5.14. The highest BCUT2D eigenvalue weighted by Gasteiger charge is 2.31. The molecule has 0 amide bonds. The number of hydrogen-bond acceptors (Lipinski definition) is 4. The van der Waals surface area contributed by atoms with Gasteiger partial charge in [-0.3, -0.25) is 4.72 Å². The molecule has 2 aromatic rings. The van der Waals surface area contributed by atoms with E-state index in [1.165, 1.54) is 0 Å². The molecule has 0 radical (unpaired) electrons. The van der Waals surface area contributed by atoms with Crippen molar-refractivity contribution in [1.29, 1.82) is 0 Å². The molecule has 0 saturated carbocycles. The maximum absolute atomic E-state index is 12.3. The maximum atomic E-state index is 12.3. The molecule has 0 aliphatic carbocycles. The number of unbranched alkanes of at least 4 members (excludes halogenated alkanes) is 2. The smallest absolute Gasteiger partial charge is 0.406 e. The molecular weight excluding hydrogens is 381 g/mol. The largest absolute Gasteiger partial charge is 0.573 e. The van der Waals surface area contributed by atoms with E-state index < -0.39 is 22.1 Å². The summed E-state index contributed by atoms with van der Waals surface area (Å²) in [5, 5.41) is 0. The maximum Gasteiger partial charge on any atom is 0.573 e. The molecule has 2 rings (SSSR count). The summed E-state index contributed by atoms with van der Waals surface area (Å²) in [5.74, 6) is -0.486. The zero-order valence-corrected chi connectivity index (χ0v) is 15.3. The van der Waals surface area contributed by atoms with Gasteiger partial charge in [-0.1, -0.05) is 18.6 Å². The van der Waals surface area contributed by atoms with Gasteiger partial charge in [-0.2, -0.15) is 0 Å². The van der Waals surface area contributed by atoms with Crippen LogP contribution in [0.5, 0.6) is 5.75 Å². The second-order valence-corrected chi connectivity index (χ2v) is 7.60. The van der Waals surface area contributed by atoms with Crippen LogP contribution >= 0.6 is 0 Å².